The monoisotopic (exact) mass is 470 g/mol. The van der Waals surface area contributed by atoms with Gasteiger partial charge in [-0.3, -0.25) is 4.79 Å². The molecule has 1 saturated heterocycles. The van der Waals surface area contributed by atoms with Crippen LogP contribution in [0.3, 0.4) is 0 Å². The third-order valence-corrected chi connectivity index (χ3v) is 8.70. The molecule has 0 spiro atoms. The molecular formula is C27H34O5S. The highest BCUT2D eigenvalue weighted by atomic mass is 32.2. The molecule has 178 valence electrons. The summed E-state index contributed by atoms with van der Waals surface area (Å²) in [4.78, 5) is 12.1. The van der Waals surface area contributed by atoms with E-state index in [2.05, 4.69) is 25.1 Å². The van der Waals surface area contributed by atoms with E-state index in [0.29, 0.717) is 13.2 Å². The first kappa shape index (κ1) is 24.3. The Morgan fingerprint density at radius 2 is 1.76 bits per heavy atom. The lowest BCUT2D eigenvalue weighted by Crippen LogP contribution is -2.39. The number of carboxylic acid groups (broad SMARTS) is 1. The number of benzene rings is 2. The molecule has 5 nitrogen and oxygen atoms in total. The van der Waals surface area contributed by atoms with Crippen LogP contribution in [0, 0.1) is 5.41 Å². The van der Waals surface area contributed by atoms with Gasteiger partial charge >= 0.3 is 5.97 Å². The fourth-order valence-corrected chi connectivity index (χ4v) is 6.91. The van der Waals surface area contributed by atoms with Crippen molar-refractivity contribution in [3.8, 4) is 0 Å². The van der Waals surface area contributed by atoms with Gasteiger partial charge in [0.1, 0.15) is 0 Å². The van der Waals surface area contributed by atoms with E-state index in [1.54, 1.807) is 13.8 Å². The zero-order valence-corrected chi connectivity index (χ0v) is 20.5. The summed E-state index contributed by atoms with van der Waals surface area (Å²) in [6.45, 7) is 6.88. The summed E-state index contributed by atoms with van der Waals surface area (Å²) in [6, 6.07) is 16.2. The summed E-state index contributed by atoms with van der Waals surface area (Å²) in [7, 11) is 0. The van der Waals surface area contributed by atoms with E-state index in [-0.39, 0.29) is 6.42 Å². The fraction of sp³-hybridized carbons (Fsp3) is 0.519. The smallest absolute Gasteiger partial charge is 0.303 e. The summed E-state index contributed by atoms with van der Waals surface area (Å²) >= 11 is 1.81. The van der Waals surface area contributed by atoms with Crippen LogP contribution in [0.4, 0.5) is 0 Å². The van der Waals surface area contributed by atoms with Gasteiger partial charge < -0.3 is 19.7 Å². The first-order valence-corrected chi connectivity index (χ1v) is 12.7. The largest absolute Gasteiger partial charge is 0.481 e. The Hall–Kier alpha value is -1.86. The summed E-state index contributed by atoms with van der Waals surface area (Å²) < 4.78 is 10.9. The number of rotatable bonds is 10. The molecule has 33 heavy (non-hydrogen) atoms. The van der Waals surface area contributed by atoms with Gasteiger partial charge in [0.05, 0.1) is 30.0 Å². The first-order chi connectivity index (χ1) is 15.7. The van der Waals surface area contributed by atoms with Crippen LogP contribution in [0.5, 0.6) is 0 Å². The van der Waals surface area contributed by atoms with Crippen LogP contribution in [0.1, 0.15) is 75.0 Å². The molecule has 1 heterocycles. The summed E-state index contributed by atoms with van der Waals surface area (Å²) in [6.07, 6.45) is 2.31. The van der Waals surface area contributed by atoms with Crippen molar-refractivity contribution in [2.45, 2.75) is 63.1 Å². The Morgan fingerprint density at radius 3 is 2.33 bits per heavy atom. The maximum absolute atomic E-state index is 12.1. The second-order valence-electron chi connectivity index (χ2n) is 9.68. The lowest BCUT2D eigenvalue weighted by atomic mass is 9.71. The third kappa shape index (κ3) is 4.59. The molecule has 4 rings (SSSR count). The molecule has 2 aliphatic rings. The zero-order chi connectivity index (χ0) is 23.7. The topological polar surface area (TPSA) is 76.0 Å². The summed E-state index contributed by atoms with van der Waals surface area (Å²) in [5.74, 6) is 0.0932. The van der Waals surface area contributed by atoms with Crippen LogP contribution >= 0.6 is 11.8 Å². The maximum atomic E-state index is 12.1. The van der Waals surface area contributed by atoms with Crippen LogP contribution < -0.4 is 0 Å². The molecule has 0 aromatic heterocycles. The average Bonchev–Trinajstić information content (AvgIpc) is 3.34. The van der Waals surface area contributed by atoms with E-state index in [1.165, 1.54) is 0 Å². The van der Waals surface area contributed by atoms with Gasteiger partial charge in [-0.2, -0.15) is 0 Å². The standard InChI is InChI=1S/C27H34O5S/c1-4-16-33-27(26(12-13-26)18-23(28)29,22-11-6-5-10-21(22)25(2,3)30)20-9-7-8-19(17-20)24-31-14-15-32-24/h5-11,17,24,30H,4,12-16,18H2,1-3H3,(H,28,29). The zero-order valence-electron chi connectivity index (χ0n) is 19.7. The number of hydrogen-bond acceptors (Lipinski definition) is 5. The van der Waals surface area contributed by atoms with E-state index < -0.39 is 28.0 Å². The van der Waals surface area contributed by atoms with Gasteiger partial charge in [-0.25, -0.2) is 0 Å². The van der Waals surface area contributed by atoms with Crippen molar-refractivity contribution < 1.29 is 24.5 Å². The number of carbonyl (C=O) groups is 1. The lowest BCUT2D eigenvalue weighted by molar-refractivity contribution is -0.138. The second-order valence-corrected chi connectivity index (χ2v) is 11.0. The molecule has 2 N–H and O–H groups in total. The minimum Gasteiger partial charge on any atom is -0.481 e. The second kappa shape index (κ2) is 9.41. The molecule has 2 aromatic carbocycles. The van der Waals surface area contributed by atoms with Gasteiger partial charge in [0, 0.05) is 11.0 Å². The van der Waals surface area contributed by atoms with Crippen molar-refractivity contribution >= 4 is 17.7 Å². The highest BCUT2D eigenvalue weighted by Crippen LogP contribution is 2.69. The first-order valence-electron chi connectivity index (χ1n) is 11.8. The van der Waals surface area contributed by atoms with Crippen LogP contribution in [-0.4, -0.2) is 35.1 Å². The van der Waals surface area contributed by atoms with E-state index in [1.807, 2.05) is 42.1 Å². The van der Waals surface area contributed by atoms with Gasteiger partial charge in [0.15, 0.2) is 6.29 Å². The number of ether oxygens (including phenoxy) is 2. The van der Waals surface area contributed by atoms with Gasteiger partial charge in [-0.15, -0.1) is 11.8 Å². The molecule has 0 radical (unpaired) electrons. The normalized spacial score (nSPS) is 19.9. The van der Waals surface area contributed by atoms with Crippen LogP contribution in [0.2, 0.25) is 0 Å². The average molecular weight is 471 g/mol. The van der Waals surface area contributed by atoms with Crippen LogP contribution in [-0.2, 0) is 24.6 Å². The highest BCUT2D eigenvalue weighted by Gasteiger charge is 2.62. The number of carboxylic acids is 1. The van der Waals surface area contributed by atoms with Crippen molar-refractivity contribution in [1.29, 1.82) is 0 Å². The molecular weight excluding hydrogens is 436 g/mol. The highest BCUT2D eigenvalue weighted by molar-refractivity contribution is 8.00. The predicted molar refractivity (Wildman–Crippen MR) is 130 cm³/mol. The molecule has 0 amide bonds. The van der Waals surface area contributed by atoms with Gasteiger partial charge in [-0.05, 0) is 61.6 Å². The summed E-state index contributed by atoms with van der Waals surface area (Å²) in [5.41, 5.74) is 2.33. The van der Waals surface area contributed by atoms with Gasteiger partial charge in [-0.1, -0.05) is 49.4 Å². The quantitative estimate of drug-likeness (QED) is 0.471. The number of hydrogen-bond donors (Lipinski definition) is 2. The molecule has 1 aliphatic heterocycles. The molecule has 1 aliphatic carbocycles. The van der Waals surface area contributed by atoms with Crippen LogP contribution in [0.15, 0.2) is 48.5 Å². The van der Waals surface area contributed by atoms with Crippen molar-refractivity contribution in [2.24, 2.45) is 5.41 Å². The Morgan fingerprint density at radius 1 is 1.09 bits per heavy atom. The Kier molecular flexibility index (Phi) is 6.92. The van der Waals surface area contributed by atoms with Crippen molar-refractivity contribution in [1.82, 2.24) is 0 Å². The van der Waals surface area contributed by atoms with E-state index in [4.69, 9.17) is 9.47 Å². The summed E-state index contributed by atoms with van der Waals surface area (Å²) in [5, 5.41) is 21.1. The van der Waals surface area contributed by atoms with Gasteiger partial charge in [0.25, 0.3) is 0 Å². The predicted octanol–water partition coefficient (Wildman–Crippen LogP) is 5.60. The molecule has 1 saturated carbocycles. The minimum absolute atomic E-state index is 0.0879. The Bertz CT molecular complexity index is 988. The Balaban J connectivity index is 1.98. The number of aliphatic carboxylic acids is 1. The number of aliphatic hydroxyl groups is 1. The Labute approximate surface area is 200 Å². The molecule has 0 bridgehead atoms. The number of thioether (sulfide) groups is 1. The van der Waals surface area contributed by atoms with E-state index in [9.17, 15) is 15.0 Å². The maximum Gasteiger partial charge on any atom is 0.303 e. The minimum atomic E-state index is -1.07. The van der Waals surface area contributed by atoms with Crippen molar-refractivity contribution in [3.63, 3.8) is 0 Å². The van der Waals surface area contributed by atoms with E-state index >= 15 is 0 Å². The third-order valence-electron chi connectivity index (χ3n) is 6.77. The SMILES string of the molecule is CCCSC(c1cccc(C2OCCO2)c1)(c1ccccc1C(C)(C)O)C1(CC(=O)O)CC1. The molecule has 2 aromatic rings. The lowest BCUT2D eigenvalue weighted by Gasteiger charge is -2.44. The van der Waals surface area contributed by atoms with Crippen molar-refractivity contribution in [3.05, 3.63) is 70.8 Å². The van der Waals surface area contributed by atoms with E-state index in [0.717, 1.165) is 47.3 Å². The molecule has 1 unspecified atom stereocenters. The van der Waals surface area contributed by atoms with Crippen molar-refractivity contribution in [2.75, 3.05) is 19.0 Å². The van der Waals surface area contributed by atoms with Crippen LogP contribution in [0.25, 0.3) is 0 Å². The molecule has 6 heteroatoms. The molecule has 2 fully saturated rings. The fourth-order valence-electron chi connectivity index (χ4n) is 5.19. The van der Waals surface area contributed by atoms with Gasteiger partial charge in [0.2, 0.25) is 0 Å². The molecule has 1 atom stereocenters.